The highest BCUT2D eigenvalue weighted by Gasteiger charge is 2.42. The van der Waals surface area contributed by atoms with Crippen molar-refractivity contribution >= 4 is 45.2 Å². The van der Waals surface area contributed by atoms with Crippen molar-refractivity contribution in [2.24, 2.45) is 5.92 Å². The third-order valence-corrected chi connectivity index (χ3v) is 12.7. The van der Waals surface area contributed by atoms with Crippen LogP contribution >= 0.6 is 11.3 Å². The van der Waals surface area contributed by atoms with Crippen LogP contribution in [0.4, 0.5) is 16.5 Å². The highest BCUT2D eigenvalue weighted by molar-refractivity contribution is 7.18. The molecule has 4 aliphatic rings. The molecule has 0 aliphatic carbocycles. The molecule has 0 spiro atoms. The van der Waals surface area contributed by atoms with E-state index >= 15 is 0 Å². The first kappa shape index (κ1) is 34.8. The molecule has 4 aliphatic heterocycles. The van der Waals surface area contributed by atoms with Gasteiger partial charge in [0.1, 0.15) is 12.6 Å². The minimum absolute atomic E-state index is 0.130. The number of piperazine rings is 1. The first-order valence-corrected chi connectivity index (χ1v) is 19.8. The van der Waals surface area contributed by atoms with Crippen LogP contribution in [0.5, 0.6) is 0 Å². The van der Waals surface area contributed by atoms with Crippen molar-refractivity contribution in [1.82, 2.24) is 35.0 Å². The van der Waals surface area contributed by atoms with Crippen molar-refractivity contribution in [3.63, 3.8) is 0 Å². The predicted octanol–water partition coefficient (Wildman–Crippen LogP) is 4.81. The van der Waals surface area contributed by atoms with Gasteiger partial charge in [0.05, 0.1) is 46.2 Å². The smallest absolute Gasteiger partial charge is 0.234 e. The Morgan fingerprint density at radius 1 is 0.909 bits per heavy atom. The Kier molecular flexibility index (Phi) is 9.33. The van der Waals surface area contributed by atoms with Gasteiger partial charge in [0.25, 0.3) is 0 Å². The average Bonchev–Trinajstić information content (AvgIpc) is 3.93. The fourth-order valence-electron chi connectivity index (χ4n) is 8.80. The number of anilines is 3. The predicted molar refractivity (Wildman–Crippen MR) is 208 cm³/mol. The van der Waals surface area contributed by atoms with Crippen molar-refractivity contribution in [2.75, 3.05) is 54.4 Å². The van der Waals surface area contributed by atoms with E-state index in [4.69, 9.17) is 4.98 Å². The maximum Gasteiger partial charge on any atom is 0.234 e. The molecule has 2 unspecified atom stereocenters. The zero-order valence-electron chi connectivity index (χ0n) is 30.3. The van der Waals surface area contributed by atoms with Gasteiger partial charge in [-0.05, 0) is 80.0 Å². The summed E-state index contributed by atoms with van der Waals surface area (Å²) < 4.78 is 1.75. The van der Waals surface area contributed by atoms with Gasteiger partial charge < -0.3 is 15.1 Å². The molecule has 9 rings (SSSR count). The third-order valence-electron chi connectivity index (χ3n) is 11.7. The van der Waals surface area contributed by atoms with E-state index < -0.39 is 0 Å². The van der Waals surface area contributed by atoms with Crippen LogP contribution in [0.25, 0.3) is 27.5 Å². The maximum absolute atomic E-state index is 12.3. The van der Waals surface area contributed by atoms with Gasteiger partial charge >= 0.3 is 0 Å². The molecule has 278 valence electrons. The molecule has 4 fully saturated rings. The lowest BCUT2D eigenvalue weighted by Gasteiger charge is -2.43. The molecular weight excluding hydrogens is 713 g/mol. The Hall–Kier alpha value is -5.90. The molecule has 0 radical (unpaired) electrons. The Morgan fingerprint density at radius 2 is 1.71 bits per heavy atom. The van der Waals surface area contributed by atoms with Gasteiger partial charge in [0.2, 0.25) is 16.9 Å². The number of nitriles is 2. The van der Waals surface area contributed by atoms with Crippen LogP contribution in [0.15, 0.2) is 60.9 Å². The van der Waals surface area contributed by atoms with Crippen LogP contribution < -0.4 is 20.4 Å². The Labute approximate surface area is 322 Å². The third kappa shape index (κ3) is 6.86. The molecule has 15 heteroatoms. The lowest BCUT2D eigenvalue weighted by atomic mass is 9.90. The fraction of sp³-hybridized carbons (Fsp3) is 0.400. The normalized spacial score (nSPS) is 21.7. The number of nitrogens with zero attached hydrogens (tertiary/aromatic N) is 10. The second-order valence-corrected chi connectivity index (χ2v) is 15.9. The Morgan fingerprint density at radius 3 is 2.45 bits per heavy atom. The number of amides is 2. The monoisotopic (exact) mass is 752 g/mol. The van der Waals surface area contributed by atoms with Gasteiger partial charge in [-0.3, -0.25) is 24.8 Å². The van der Waals surface area contributed by atoms with Crippen LogP contribution in [0.3, 0.4) is 0 Å². The van der Waals surface area contributed by atoms with Crippen molar-refractivity contribution in [3.8, 4) is 34.1 Å². The van der Waals surface area contributed by atoms with E-state index in [2.05, 4.69) is 77.0 Å². The highest BCUT2D eigenvalue weighted by Crippen LogP contribution is 2.39. The fourth-order valence-corrected chi connectivity index (χ4v) is 9.69. The average molecular weight is 753 g/mol. The van der Waals surface area contributed by atoms with Crippen LogP contribution in [-0.2, 0) is 9.59 Å². The Bertz CT molecular complexity index is 2320. The molecule has 1 aromatic carbocycles. The Balaban J connectivity index is 0.827. The zero-order chi connectivity index (χ0) is 37.5. The molecule has 4 saturated heterocycles. The minimum atomic E-state index is -0.250. The van der Waals surface area contributed by atoms with Crippen molar-refractivity contribution in [3.05, 3.63) is 72.1 Å². The van der Waals surface area contributed by atoms with Crippen molar-refractivity contribution in [2.45, 2.75) is 56.5 Å². The molecule has 8 heterocycles. The van der Waals surface area contributed by atoms with Gasteiger partial charge in [-0.25, -0.2) is 4.52 Å². The molecule has 2 amide bonds. The topological polar surface area (TPSA) is 171 Å². The number of hydrogen-bond donors (Lipinski definition) is 2. The van der Waals surface area contributed by atoms with Crippen molar-refractivity contribution < 1.29 is 9.59 Å². The number of carbonyl (C=O) groups excluding carboxylic acids is 2. The van der Waals surface area contributed by atoms with Gasteiger partial charge in [-0.2, -0.15) is 15.6 Å². The molecule has 3 atom stereocenters. The highest BCUT2D eigenvalue weighted by atomic mass is 32.1. The maximum atomic E-state index is 12.3. The van der Waals surface area contributed by atoms with Crippen LogP contribution in [0.2, 0.25) is 0 Å². The largest absolute Gasteiger partial charge is 0.372 e. The summed E-state index contributed by atoms with van der Waals surface area (Å²) in [5.41, 5.74) is 6.47. The summed E-state index contributed by atoms with van der Waals surface area (Å²) in [5, 5.41) is 39.7. The first-order chi connectivity index (χ1) is 26.9. The number of pyridine rings is 1. The number of imide groups is 1. The summed E-state index contributed by atoms with van der Waals surface area (Å²) in [4.78, 5) is 36.3. The molecule has 2 bridgehead atoms. The zero-order valence-corrected chi connectivity index (χ0v) is 31.1. The van der Waals surface area contributed by atoms with E-state index in [0.29, 0.717) is 42.1 Å². The van der Waals surface area contributed by atoms with Crippen LogP contribution in [0.1, 0.15) is 55.6 Å². The van der Waals surface area contributed by atoms with Crippen LogP contribution in [0, 0.1) is 28.6 Å². The number of nitrogens with one attached hydrogen (secondary N) is 2. The molecule has 4 aromatic heterocycles. The lowest BCUT2D eigenvalue weighted by molar-refractivity contribution is -0.134. The van der Waals surface area contributed by atoms with E-state index in [9.17, 15) is 20.1 Å². The standard InChI is InChI=1S/C40H40N12O2S/c41-13-14-43-34-18-35(36-9-7-29-17-26(19-42)20-45-52(29)36)44-21-33(34)39-47-48-40(55-39)50-23-30-5-6-31(24-50)51(30)22-25-11-15-49(16-12-25)28-3-1-27(2-4-28)32-8-10-37(53)46-38(32)54/h1-4,7,9,17-18,20-21,25,30-32H,5-6,8,10-12,14-16,22-24H2,(H,43,44)(H,46,53,54)/t30?,31?,32-/m1/s1. The summed E-state index contributed by atoms with van der Waals surface area (Å²) in [6.07, 6.45) is 8.98. The number of rotatable bonds is 9. The van der Waals surface area contributed by atoms with E-state index in [1.54, 1.807) is 28.1 Å². The van der Waals surface area contributed by atoms with E-state index in [1.165, 1.54) is 24.7 Å². The summed E-state index contributed by atoms with van der Waals surface area (Å²) >= 11 is 1.56. The molecule has 0 saturated carbocycles. The SMILES string of the molecule is N#CCNc1cc(-c2ccc3cc(C#N)cnn23)ncc1-c1nnc(N2CC3CCC(C2)N3CC2CCN(c3ccc([C@H]4CCC(=O)NC4=O)cc3)CC2)s1. The van der Waals surface area contributed by atoms with Crippen molar-refractivity contribution in [1.29, 1.82) is 10.5 Å². The number of carbonyl (C=O) groups is 2. The molecular formula is C40H40N12O2S. The lowest BCUT2D eigenvalue weighted by Crippen LogP contribution is -2.55. The van der Waals surface area contributed by atoms with E-state index in [1.807, 2.05) is 18.2 Å². The molecule has 55 heavy (non-hydrogen) atoms. The van der Waals surface area contributed by atoms with E-state index in [-0.39, 0.29) is 24.3 Å². The summed E-state index contributed by atoms with van der Waals surface area (Å²) in [6, 6.07) is 21.2. The van der Waals surface area contributed by atoms with Gasteiger partial charge in [-0.15, -0.1) is 10.2 Å². The molecule has 14 nitrogen and oxygen atoms in total. The van der Waals surface area contributed by atoms with Crippen LogP contribution in [-0.4, -0.2) is 92.9 Å². The summed E-state index contributed by atoms with van der Waals surface area (Å²) in [5.74, 6) is 0.0389. The second kappa shape index (κ2) is 14.7. The number of benzene rings is 1. The number of aromatic nitrogens is 5. The minimum Gasteiger partial charge on any atom is -0.372 e. The summed E-state index contributed by atoms with van der Waals surface area (Å²) in [7, 11) is 0. The van der Waals surface area contributed by atoms with Gasteiger partial charge in [-0.1, -0.05) is 23.5 Å². The van der Waals surface area contributed by atoms with Gasteiger partial charge in [0, 0.05) is 68.8 Å². The summed E-state index contributed by atoms with van der Waals surface area (Å²) in [6.45, 7) is 5.17. The quantitative estimate of drug-likeness (QED) is 0.156. The van der Waals surface area contributed by atoms with Gasteiger partial charge in [0.15, 0.2) is 5.01 Å². The molecule has 2 N–H and O–H groups in total. The van der Waals surface area contributed by atoms with E-state index in [0.717, 1.165) is 83.7 Å². The number of piperidine rings is 2. The molecule has 5 aromatic rings. The number of fused-ring (bicyclic) bond motifs is 3. The second-order valence-electron chi connectivity index (χ2n) is 14.9. The number of hydrogen-bond acceptors (Lipinski definition) is 13. The first-order valence-electron chi connectivity index (χ1n) is 19.0.